The van der Waals surface area contributed by atoms with E-state index in [0.29, 0.717) is 0 Å². The molecule has 0 aromatic rings. The van der Waals surface area contributed by atoms with Gasteiger partial charge in [0.05, 0.1) is 6.54 Å². The molecule has 0 aromatic carbocycles. The molecule has 5 heteroatoms. The molecule has 2 nitrogen and oxygen atoms in total. The summed E-state index contributed by atoms with van der Waals surface area (Å²) in [6.45, 7) is 1.69. The third-order valence-electron chi connectivity index (χ3n) is 2.26. The topological polar surface area (TPSA) is 20.3 Å². The summed E-state index contributed by atoms with van der Waals surface area (Å²) in [6.07, 6.45) is -3.94. The van der Waals surface area contributed by atoms with Crippen LogP contribution in [-0.4, -0.2) is 36.0 Å². The van der Waals surface area contributed by atoms with Gasteiger partial charge >= 0.3 is 6.18 Å². The van der Waals surface area contributed by atoms with Crippen LogP contribution in [-0.2, 0) is 4.79 Å². The highest BCUT2D eigenvalue weighted by Gasteiger charge is 2.43. The molecule has 1 heterocycles. The normalized spacial score (nSPS) is 22.3. The van der Waals surface area contributed by atoms with Crippen molar-refractivity contribution < 1.29 is 18.0 Å². The fourth-order valence-corrected chi connectivity index (χ4v) is 1.62. The molecule has 1 aliphatic rings. The van der Waals surface area contributed by atoms with E-state index in [-0.39, 0.29) is 31.7 Å². The molecule has 0 bridgehead atoms. The summed E-state index contributed by atoms with van der Waals surface area (Å²) >= 11 is 0. The van der Waals surface area contributed by atoms with E-state index in [1.54, 1.807) is 0 Å². The highest BCUT2D eigenvalue weighted by atomic mass is 19.4. The number of hydrogen-bond donors (Lipinski definition) is 0. The Bertz CT molecular complexity index is 202. The number of rotatable bonds is 2. The molecular formula is C8H12F3NO. The average molecular weight is 195 g/mol. The van der Waals surface area contributed by atoms with Crippen molar-refractivity contribution in [2.75, 3.05) is 13.1 Å². The minimum absolute atomic E-state index is 0.0107. The average Bonchev–Trinajstić information content (AvgIpc) is 2.34. The lowest BCUT2D eigenvalue weighted by Crippen LogP contribution is -2.44. The Hall–Kier alpha value is -0.580. The summed E-state index contributed by atoms with van der Waals surface area (Å²) in [5, 5.41) is 0. The summed E-state index contributed by atoms with van der Waals surface area (Å²) in [4.78, 5) is 12.0. The third kappa shape index (κ3) is 2.43. The molecule has 1 unspecified atom stereocenters. The summed E-state index contributed by atoms with van der Waals surface area (Å²) in [6, 6.07) is -1.45. The monoisotopic (exact) mass is 195 g/mol. The van der Waals surface area contributed by atoms with Crippen LogP contribution >= 0.6 is 0 Å². The number of carbonyl (C=O) groups excluding carboxylic acids is 1. The number of halogens is 3. The molecule has 0 N–H and O–H groups in total. The Morgan fingerprint density at radius 1 is 1.54 bits per heavy atom. The van der Waals surface area contributed by atoms with Crippen LogP contribution in [0.25, 0.3) is 0 Å². The standard InChI is InChI=1S/C8H12F3NO/c1-2-7(8(9,10)11)12-4-3-6(13)5-12/h7H,2-5H2,1H3. The van der Waals surface area contributed by atoms with Gasteiger partial charge < -0.3 is 0 Å². The van der Waals surface area contributed by atoms with Gasteiger partial charge in [0.1, 0.15) is 11.8 Å². The molecule has 0 radical (unpaired) electrons. The maximum absolute atomic E-state index is 12.3. The molecule has 1 fully saturated rings. The molecular weight excluding hydrogens is 183 g/mol. The van der Waals surface area contributed by atoms with E-state index < -0.39 is 12.2 Å². The van der Waals surface area contributed by atoms with Crippen molar-refractivity contribution in [3.05, 3.63) is 0 Å². The van der Waals surface area contributed by atoms with Crippen LogP contribution in [0.1, 0.15) is 19.8 Å². The third-order valence-corrected chi connectivity index (χ3v) is 2.26. The zero-order valence-electron chi connectivity index (χ0n) is 7.40. The van der Waals surface area contributed by atoms with Crippen molar-refractivity contribution in [2.24, 2.45) is 0 Å². The number of Topliss-reactive ketones (excluding diaryl/α,β-unsaturated/α-hetero) is 1. The van der Waals surface area contributed by atoms with Gasteiger partial charge in [0.25, 0.3) is 0 Å². The quantitative estimate of drug-likeness (QED) is 0.667. The molecule has 0 saturated carbocycles. The summed E-state index contributed by atoms with van der Waals surface area (Å²) < 4.78 is 37.0. The van der Waals surface area contributed by atoms with Crippen molar-refractivity contribution in [3.63, 3.8) is 0 Å². The highest BCUT2D eigenvalue weighted by Crippen LogP contribution is 2.28. The van der Waals surface area contributed by atoms with Crippen LogP contribution in [0.5, 0.6) is 0 Å². The fourth-order valence-electron chi connectivity index (χ4n) is 1.62. The van der Waals surface area contributed by atoms with Gasteiger partial charge in [-0.2, -0.15) is 13.2 Å². The van der Waals surface area contributed by atoms with Gasteiger partial charge in [-0.25, -0.2) is 0 Å². The molecule has 0 aliphatic carbocycles. The second-order valence-electron chi connectivity index (χ2n) is 3.22. The predicted molar refractivity (Wildman–Crippen MR) is 41.3 cm³/mol. The Kier molecular flexibility index (Phi) is 2.95. The number of hydrogen-bond acceptors (Lipinski definition) is 2. The van der Waals surface area contributed by atoms with E-state index in [0.717, 1.165) is 0 Å². The molecule has 13 heavy (non-hydrogen) atoms. The van der Waals surface area contributed by atoms with E-state index in [9.17, 15) is 18.0 Å². The molecule has 1 atom stereocenters. The summed E-state index contributed by atoms with van der Waals surface area (Å²) in [7, 11) is 0. The lowest BCUT2D eigenvalue weighted by Gasteiger charge is -2.27. The van der Waals surface area contributed by atoms with Gasteiger partial charge in [-0.15, -0.1) is 0 Å². The minimum atomic E-state index is -4.21. The number of nitrogens with zero attached hydrogens (tertiary/aromatic N) is 1. The fraction of sp³-hybridized carbons (Fsp3) is 0.875. The van der Waals surface area contributed by atoms with Gasteiger partial charge in [-0.1, -0.05) is 6.92 Å². The van der Waals surface area contributed by atoms with Gasteiger partial charge in [-0.05, 0) is 6.42 Å². The van der Waals surface area contributed by atoms with Crippen LogP contribution in [0.2, 0.25) is 0 Å². The zero-order valence-corrected chi connectivity index (χ0v) is 7.40. The highest BCUT2D eigenvalue weighted by molar-refractivity contribution is 5.82. The summed E-state index contributed by atoms with van der Waals surface area (Å²) in [5.41, 5.74) is 0. The van der Waals surface area contributed by atoms with Crippen LogP contribution < -0.4 is 0 Å². The van der Waals surface area contributed by atoms with Crippen LogP contribution in [0, 0.1) is 0 Å². The largest absolute Gasteiger partial charge is 0.404 e. The number of alkyl halides is 3. The smallest absolute Gasteiger partial charge is 0.298 e. The minimum Gasteiger partial charge on any atom is -0.298 e. The van der Waals surface area contributed by atoms with Crippen LogP contribution in [0.3, 0.4) is 0 Å². The lowest BCUT2D eigenvalue weighted by molar-refractivity contribution is -0.181. The maximum Gasteiger partial charge on any atom is 0.404 e. The Morgan fingerprint density at radius 3 is 2.46 bits per heavy atom. The predicted octanol–water partition coefficient (Wildman–Crippen LogP) is 1.60. The van der Waals surface area contributed by atoms with Crippen molar-refractivity contribution in [1.82, 2.24) is 4.90 Å². The Labute approximate surface area is 74.7 Å². The van der Waals surface area contributed by atoms with Crippen LogP contribution in [0.15, 0.2) is 0 Å². The first-order valence-corrected chi connectivity index (χ1v) is 4.27. The van der Waals surface area contributed by atoms with E-state index in [2.05, 4.69) is 0 Å². The zero-order chi connectivity index (χ0) is 10.1. The molecule has 1 aliphatic heterocycles. The first-order chi connectivity index (χ1) is 5.95. The molecule has 1 saturated heterocycles. The van der Waals surface area contributed by atoms with E-state index in [4.69, 9.17) is 0 Å². The van der Waals surface area contributed by atoms with Gasteiger partial charge in [-0.3, -0.25) is 9.69 Å². The second-order valence-corrected chi connectivity index (χ2v) is 3.22. The van der Waals surface area contributed by atoms with Crippen molar-refractivity contribution in [3.8, 4) is 0 Å². The van der Waals surface area contributed by atoms with Gasteiger partial charge in [0.15, 0.2) is 0 Å². The van der Waals surface area contributed by atoms with Gasteiger partial charge in [0.2, 0.25) is 0 Å². The Morgan fingerprint density at radius 2 is 2.15 bits per heavy atom. The first-order valence-electron chi connectivity index (χ1n) is 4.27. The molecule has 0 amide bonds. The molecule has 0 spiro atoms. The lowest BCUT2D eigenvalue weighted by atomic mass is 10.2. The molecule has 76 valence electrons. The van der Waals surface area contributed by atoms with Crippen LogP contribution in [0.4, 0.5) is 13.2 Å². The number of carbonyl (C=O) groups is 1. The molecule has 0 aromatic heterocycles. The van der Waals surface area contributed by atoms with E-state index in [1.807, 2.05) is 0 Å². The Balaban J connectivity index is 2.62. The maximum atomic E-state index is 12.3. The summed E-state index contributed by atoms with van der Waals surface area (Å²) in [5.74, 6) is -0.0947. The van der Waals surface area contributed by atoms with Crippen molar-refractivity contribution in [1.29, 1.82) is 0 Å². The second kappa shape index (κ2) is 3.65. The molecule has 1 rings (SSSR count). The number of ketones is 1. The van der Waals surface area contributed by atoms with Crippen molar-refractivity contribution >= 4 is 5.78 Å². The van der Waals surface area contributed by atoms with E-state index >= 15 is 0 Å². The van der Waals surface area contributed by atoms with E-state index in [1.165, 1.54) is 11.8 Å². The van der Waals surface area contributed by atoms with Crippen molar-refractivity contribution in [2.45, 2.75) is 32.0 Å². The number of likely N-dealkylation sites (tertiary alicyclic amines) is 1. The van der Waals surface area contributed by atoms with Gasteiger partial charge in [0, 0.05) is 13.0 Å². The SMILES string of the molecule is CCC(N1CCC(=O)C1)C(F)(F)F. The first kappa shape index (κ1) is 10.5.